The average Bonchev–Trinajstić information content (AvgIpc) is 3.04. The van der Waals surface area contributed by atoms with Crippen LogP contribution in [0.25, 0.3) is 0 Å². The van der Waals surface area contributed by atoms with E-state index in [1.54, 1.807) is 7.05 Å². The molecule has 1 aromatic rings. The molecule has 0 unspecified atom stereocenters. The lowest BCUT2D eigenvalue weighted by molar-refractivity contribution is -0.121. The summed E-state index contributed by atoms with van der Waals surface area (Å²) in [6.45, 7) is 6.21. The maximum absolute atomic E-state index is 11.6. The van der Waals surface area contributed by atoms with Gasteiger partial charge in [-0.25, -0.2) is 0 Å². The Hall–Kier alpha value is -2.08. The molecule has 30 heavy (non-hydrogen) atoms. The first kappa shape index (κ1) is 22.6. The lowest BCUT2D eigenvalue weighted by atomic mass is 9.93. The molecular weight excluding hydrogens is 374 g/mol. The second-order valence-corrected chi connectivity index (χ2v) is 8.72. The zero-order valence-corrected chi connectivity index (χ0v) is 18.8. The second-order valence-electron chi connectivity index (χ2n) is 8.72. The van der Waals surface area contributed by atoms with Crippen LogP contribution in [0.5, 0.6) is 0 Å². The van der Waals surface area contributed by atoms with E-state index in [0.717, 1.165) is 45.0 Å². The molecule has 6 nitrogen and oxygen atoms in total. The summed E-state index contributed by atoms with van der Waals surface area (Å²) in [5, 5.41) is 6.28. The van der Waals surface area contributed by atoms with Gasteiger partial charge in [-0.3, -0.25) is 14.7 Å². The van der Waals surface area contributed by atoms with Gasteiger partial charge in [-0.1, -0.05) is 37.1 Å². The van der Waals surface area contributed by atoms with Crippen molar-refractivity contribution >= 4 is 11.9 Å². The van der Waals surface area contributed by atoms with E-state index in [1.807, 2.05) is 7.05 Å². The first-order chi connectivity index (χ1) is 14.7. The average molecular weight is 414 g/mol. The number of nitrogens with one attached hydrogen (secondary N) is 2. The smallest absolute Gasteiger partial charge is 0.220 e. The van der Waals surface area contributed by atoms with Gasteiger partial charge in [-0.15, -0.1) is 0 Å². The fraction of sp³-hybridized carbons (Fsp3) is 0.667. The van der Waals surface area contributed by atoms with E-state index in [0.29, 0.717) is 12.3 Å². The maximum atomic E-state index is 11.6. The summed E-state index contributed by atoms with van der Waals surface area (Å²) < 4.78 is 0. The third-order valence-electron chi connectivity index (χ3n) is 6.43. The van der Waals surface area contributed by atoms with Crippen LogP contribution in [-0.2, 0) is 17.9 Å². The van der Waals surface area contributed by atoms with E-state index in [1.165, 1.54) is 49.9 Å². The first-order valence-electron chi connectivity index (χ1n) is 11.6. The number of aliphatic imine (C=N–C) groups is 1. The van der Waals surface area contributed by atoms with E-state index in [9.17, 15) is 4.79 Å². The number of nitrogens with zero attached hydrogens (tertiary/aromatic N) is 3. The summed E-state index contributed by atoms with van der Waals surface area (Å²) in [4.78, 5) is 21.0. The Balaban J connectivity index is 1.47. The van der Waals surface area contributed by atoms with Crippen LogP contribution in [0.1, 0.15) is 56.1 Å². The minimum absolute atomic E-state index is 0.149. The van der Waals surface area contributed by atoms with Crippen LogP contribution in [0.3, 0.4) is 0 Å². The Labute approximate surface area is 182 Å². The van der Waals surface area contributed by atoms with Gasteiger partial charge < -0.3 is 15.5 Å². The Bertz CT molecular complexity index is 689. The lowest BCUT2D eigenvalue weighted by Crippen LogP contribution is -2.45. The van der Waals surface area contributed by atoms with Crippen LogP contribution >= 0.6 is 0 Å². The molecule has 166 valence electrons. The molecule has 6 heteroatoms. The molecule has 2 fully saturated rings. The van der Waals surface area contributed by atoms with Crippen molar-refractivity contribution in [2.24, 2.45) is 10.9 Å². The predicted octanol–water partition coefficient (Wildman–Crippen LogP) is 2.99. The van der Waals surface area contributed by atoms with E-state index in [2.05, 4.69) is 49.7 Å². The van der Waals surface area contributed by atoms with Crippen molar-refractivity contribution < 1.29 is 4.79 Å². The minimum Gasteiger partial charge on any atom is -0.359 e. The Morgan fingerprint density at radius 2 is 1.77 bits per heavy atom. The molecule has 3 rings (SSSR count). The van der Waals surface area contributed by atoms with Gasteiger partial charge in [-0.05, 0) is 55.8 Å². The first-order valence-corrected chi connectivity index (χ1v) is 11.6. The summed E-state index contributed by atoms with van der Waals surface area (Å²) in [6.07, 6.45) is 8.14. The van der Waals surface area contributed by atoms with Crippen LogP contribution in [0.4, 0.5) is 0 Å². The number of benzene rings is 1. The molecule has 2 aliphatic heterocycles. The van der Waals surface area contributed by atoms with Gasteiger partial charge in [-0.2, -0.15) is 0 Å². The van der Waals surface area contributed by atoms with Gasteiger partial charge in [0.2, 0.25) is 5.91 Å². The summed E-state index contributed by atoms with van der Waals surface area (Å²) in [5.74, 6) is 1.59. The van der Waals surface area contributed by atoms with E-state index < -0.39 is 0 Å². The number of carbonyl (C=O) groups is 1. The van der Waals surface area contributed by atoms with Gasteiger partial charge in [0.25, 0.3) is 0 Å². The molecule has 0 aliphatic carbocycles. The van der Waals surface area contributed by atoms with E-state index in [4.69, 9.17) is 0 Å². The maximum Gasteiger partial charge on any atom is 0.220 e. The molecule has 0 saturated carbocycles. The molecular formula is C24H39N5O. The van der Waals surface area contributed by atoms with Gasteiger partial charge in [0, 0.05) is 46.7 Å². The lowest BCUT2D eigenvalue weighted by Gasteiger charge is -2.34. The minimum atomic E-state index is 0.149. The number of likely N-dealkylation sites (tertiary alicyclic amines) is 2. The molecule has 0 atom stereocenters. The van der Waals surface area contributed by atoms with Crippen molar-refractivity contribution in [1.82, 2.24) is 20.4 Å². The summed E-state index contributed by atoms with van der Waals surface area (Å²) >= 11 is 0. The highest BCUT2D eigenvalue weighted by molar-refractivity contribution is 5.80. The van der Waals surface area contributed by atoms with Gasteiger partial charge in [0.15, 0.2) is 5.96 Å². The zero-order chi connectivity index (χ0) is 21.2. The molecule has 0 aromatic heterocycles. The molecule has 0 bridgehead atoms. The normalized spacial score (nSPS) is 19.4. The molecule has 2 N–H and O–H groups in total. The summed E-state index contributed by atoms with van der Waals surface area (Å²) in [7, 11) is 3.57. The third kappa shape index (κ3) is 7.01. The van der Waals surface area contributed by atoms with Crippen molar-refractivity contribution in [2.75, 3.05) is 40.3 Å². The predicted molar refractivity (Wildman–Crippen MR) is 123 cm³/mol. The van der Waals surface area contributed by atoms with E-state index in [-0.39, 0.29) is 5.91 Å². The highest BCUT2D eigenvalue weighted by Gasteiger charge is 2.23. The fourth-order valence-electron chi connectivity index (χ4n) is 4.62. The van der Waals surface area contributed by atoms with Crippen molar-refractivity contribution in [3.05, 3.63) is 35.4 Å². The number of amides is 1. The number of piperidine rings is 1. The standard InChI is InChI=1S/C24H39N5O/c1-25-23(30)17-20-10-14-29(15-11-20)24(26-2)27-18-21-8-7-9-22(16-21)19-28-12-5-3-4-6-13-28/h7-9,16,20H,3-6,10-15,17-19H2,1-2H3,(H,25,30)(H,26,27). The molecule has 2 heterocycles. The molecule has 1 amide bonds. The van der Waals surface area contributed by atoms with Gasteiger partial charge in [0.05, 0.1) is 0 Å². The number of rotatable bonds is 6. The Morgan fingerprint density at radius 1 is 1.07 bits per heavy atom. The van der Waals surface area contributed by atoms with Crippen LogP contribution in [0, 0.1) is 5.92 Å². The monoisotopic (exact) mass is 413 g/mol. The zero-order valence-electron chi connectivity index (χ0n) is 18.8. The third-order valence-corrected chi connectivity index (χ3v) is 6.43. The van der Waals surface area contributed by atoms with Crippen LogP contribution in [-0.4, -0.2) is 61.9 Å². The van der Waals surface area contributed by atoms with E-state index >= 15 is 0 Å². The largest absolute Gasteiger partial charge is 0.359 e. The fourth-order valence-corrected chi connectivity index (χ4v) is 4.62. The summed E-state index contributed by atoms with van der Waals surface area (Å²) in [6, 6.07) is 8.96. The van der Waals surface area contributed by atoms with Crippen LogP contribution in [0.2, 0.25) is 0 Å². The Morgan fingerprint density at radius 3 is 2.43 bits per heavy atom. The quantitative estimate of drug-likeness (QED) is 0.556. The molecule has 1 aromatic carbocycles. The number of hydrogen-bond donors (Lipinski definition) is 2. The Kier molecular flexibility index (Phi) is 9.00. The van der Waals surface area contributed by atoms with Gasteiger partial charge >= 0.3 is 0 Å². The second kappa shape index (κ2) is 11.9. The number of carbonyl (C=O) groups excluding carboxylic acids is 1. The van der Waals surface area contributed by atoms with Crippen molar-refractivity contribution in [2.45, 2.75) is 58.0 Å². The van der Waals surface area contributed by atoms with Crippen molar-refractivity contribution in [3.63, 3.8) is 0 Å². The van der Waals surface area contributed by atoms with Crippen molar-refractivity contribution in [3.8, 4) is 0 Å². The van der Waals surface area contributed by atoms with Crippen LogP contribution < -0.4 is 10.6 Å². The SMILES string of the molecule is CN=C(NCc1cccc(CN2CCCCCC2)c1)N1CCC(CC(=O)NC)CC1. The highest BCUT2D eigenvalue weighted by atomic mass is 16.1. The molecule has 2 saturated heterocycles. The summed E-state index contributed by atoms with van der Waals surface area (Å²) in [5.41, 5.74) is 2.71. The molecule has 0 spiro atoms. The van der Waals surface area contributed by atoms with Gasteiger partial charge in [0.1, 0.15) is 0 Å². The number of guanidine groups is 1. The van der Waals surface area contributed by atoms with Crippen LogP contribution in [0.15, 0.2) is 29.3 Å². The molecule has 0 radical (unpaired) electrons. The number of hydrogen-bond acceptors (Lipinski definition) is 3. The topological polar surface area (TPSA) is 60.0 Å². The molecule has 2 aliphatic rings. The highest BCUT2D eigenvalue weighted by Crippen LogP contribution is 2.20. The van der Waals surface area contributed by atoms with Crippen molar-refractivity contribution in [1.29, 1.82) is 0 Å².